The number of rotatable bonds is 3. The van der Waals surface area contributed by atoms with Gasteiger partial charge < -0.3 is 15.0 Å². The number of hydrogen-bond acceptors (Lipinski definition) is 3. The third-order valence-electron chi connectivity index (χ3n) is 3.97. The van der Waals surface area contributed by atoms with Crippen molar-refractivity contribution in [1.82, 2.24) is 10.2 Å². The Kier molecular flexibility index (Phi) is 5.35. The second kappa shape index (κ2) is 7.24. The van der Waals surface area contributed by atoms with Crippen molar-refractivity contribution in [3.8, 4) is 0 Å². The zero-order valence-corrected chi connectivity index (χ0v) is 13.2. The summed E-state index contributed by atoms with van der Waals surface area (Å²) in [6.07, 6.45) is 0. The number of guanidine groups is 1. The van der Waals surface area contributed by atoms with E-state index in [0.29, 0.717) is 19.0 Å². The molecule has 0 amide bonds. The maximum atomic E-state index is 13.2. The summed E-state index contributed by atoms with van der Waals surface area (Å²) in [4.78, 5) is 18.0. The number of nitrogens with zero attached hydrogens (tertiary/aromatic N) is 2. The molecule has 2 rings (SSSR count). The lowest BCUT2D eigenvalue weighted by atomic mass is 9.99. The average Bonchev–Trinajstić information content (AvgIpc) is 2.89. The van der Waals surface area contributed by atoms with Crippen LogP contribution in [0.25, 0.3) is 0 Å². The van der Waals surface area contributed by atoms with E-state index < -0.39 is 0 Å². The molecule has 1 aliphatic heterocycles. The van der Waals surface area contributed by atoms with Gasteiger partial charge in [0.1, 0.15) is 5.82 Å². The van der Waals surface area contributed by atoms with Crippen LogP contribution in [0, 0.1) is 17.7 Å². The topological polar surface area (TPSA) is 53.9 Å². The minimum atomic E-state index is -0.255. The van der Waals surface area contributed by atoms with Crippen molar-refractivity contribution in [2.75, 3.05) is 27.2 Å². The summed E-state index contributed by atoms with van der Waals surface area (Å²) in [7, 11) is 3.11. The molecule has 0 aliphatic carbocycles. The van der Waals surface area contributed by atoms with Crippen molar-refractivity contribution in [3.05, 3.63) is 35.6 Å². The van der Waals surface area contributed by atoms with E-state index in [0.717, 1.165) is 12.1 Å². The molecule has 0 aromatic heterocycles. The summed E-state index contributed by atoms with van der Waals surface area (Å²) in [5.41, 5.74) is 0.845. The second-order valence-electron chi connectivity index (χ2n) is 5.54. The molecule has 1 saturated heterocycles. The largest absolute Gasteiger partial charge is 0.469 e. The van der Waals surface area contributed by atoms with E-state index in [-0.39, 0.29) is 23.6 Å². The van der Waals surface area contributed by atoms with E-state index in [1.54, 1.807) is 13.1 Å². The molecule has 120 valence electrons. The number of carbonyl (C=O) groups is 1. The Bertz CT molecular complexity index is 562. The lowest BCUT2D eigenvalue weighted by Gasteiger charge is -2.21. The molecule has 1 aromatic rings. The lowest BCUT2D eigenvalue weighted by molar-refractivity contribution is -0.145. The number of halogens is 1. The monoisotopic (exact) mass is 307 g/mol. The SMILES string of the molecule is CN=C(NCc1cccc(F)c1)N1CC(C)C(C(=O)OC)C1. The molecule has 1 aromatic carbocycles. The summed E-state index contributed by atoms with van der Waals surface area (Å²) in [5, 5.41) is 3.21. The maximum absolute atomic E-state index is 13.2. The van der Waals surface area contributed by atoms with Crippen molar-refractivity contribution in [1.29, 1.82) is 0 Å². The molecule has 22 heavy (non-hydrogen) atoms. The number of likely N-dealkylation sites (tertiary alicyclic amines) is 1. The molecule has 0 saturated carbocycles. The number of nitrogens with one attached hydrogen (secondary N) is 1. The Labute approximate surface area is 130 Å². The highest BCUT2D eigenvalue weighted by atomic mass is 19.1. The Balaban J connectivity index is 1.97. The summed E-state index contributed by atoms with van der Waals surface area (Å²) in [6.45, 7) is 3.83. The smallest absolute Gasteiger partial charge is 0.310 e. The first-order chi connectivity index (χ1) is 10.5. The van der Waals surface area contributed by atoms with E-state index in [4.69, 9.17) is 4.74 Å². The van der Waals surface area contributed by atoms with Gasteiger partial charge in [-0.3, -0.25) is 9.79 Å². The van der Waals surface area contributed by atoms with Crippen LogP contribution in [0.1, 0.15) is 12.5 Å². The first-order valence-corrected chi connectivity index (χ1v) is 7.33. The molecule has 2 unspecified atom stereocenters. The minimum Gasteiger partial charge on any atom is -0.469 e. The minimum absolute atomic E-state index is 0.141. The third-order valence-corrected chi connectivity index (χ3v) is 3.97. The molecule has 2 atom stereocenters. The van der Waals surface area contributed by atoms with Crippen LogP contribution in [-0.4, -0.2) is 44.1 Å². The predicted molar refractivity (Wildman–Crippen MR) is 82.8 cm³/mol. The Hall–Kier alpha value is -2.11. The van der Waals surface area contributed by atoms with Crippen LogP contribution in [0.2, 0.25) is 0 Å². The lowest BCUT2D eigenvalue weighted by Crippen LogP contribution is -2.40. The van der Waals surface area contributed by atoms with Crippen molar-refractivity contribution < 1.29 is 13.9 Å². The third kappa shape index (κ3) is 3.75. The van der Waals surface area contributed by atoms with Gasteiger partial charge in [-0.2, -0.15) is 0 Å². The first-order valence-electron chi connectivity index (χ1n) is 7.33. The molecule has 6 heteroatoms. The Morgan fingerprint density at radius 2 is 2.27 bits per heavy atom. The fraction of sp³-hybridized carbons (Fsp3) is 0.500. The van der Waals surface area contributed by atoms with Crippen LogP contribution in [0.3, 0.4) is 0 Å². The molecular weight excluding hydrogens is 285 g/mol. The van der Waals surface area contributed by atoms with Crippen molar-refractivity contribution in [2.24, 2.45) is 16.8 Å². The number of benzene rings is 1. The number of ether oxygens (including phenoxy) is 1. The average molecular weight is 307 g/mol. The molecule has 1 heterocycles. The van der Waals surface area contributed by atoms with Gasteiger partial charge in [0.2, 0.25) is 0 Å². The highest BCUT2D eigenvalue weighted by Gasteiger charge is 2.36. The van der Waals surface area contributed by atoms with Crippen molar-refractivity contribution >= 4 is 11.9 Å². The van der Waals surface area contributed by atoms with Crippen LogP contribution in [-0.2, 0) is 16.1 Å². The normalized spacial score (nSPS) is 21.8. The van der Waals surface area contributed by atoms with E-state index in [1.165, 1.54) is 19.2 Å². The van der Waals surface area contributed by atoms with Gasteiger partial charge in [0, 0.05) is 26.7 Å². The highest BCUT2D eigenvalue weighted by molar-refractivity contribution is 5.82. The quantitative estimate of drug-likeness (QED) is 0.524. The number of esters is 1. The molecule has 1 aliphatic rings. The van der Waals surface area contributed by atoms with Crippen LogP contribution in [0.5, 0.6) is 0 Å². The second-order valence-corrected chi connectivity index (χ2v) is 5.54. The Morgan fingerprint density at radius 1 is 1.50 bits per heavy atom. The zero-order valence-electron chi connectivity index (χ0n) is 13.2. The van der Waals surface area contributed by atoms with Gasteiger partial charge in [0.15, 0.2) is 5.96 Å². The summed E-state index contributed by atoms with van der Waals surface area (Å²) >= 11 is 0. The molecule has 0 bridgehead atoms. The molecular formula is C16H22FN3O2. The van der Waals surface area contributed by atoms with Gasteiger partial charge in [0.25, 0.3) is 0 Å². The molecule has 5 nitrogen and oxygen atoms in total. The summed E-state index contributed by atoms with van der Waals surface area (Å²) < 4.78 is 18.0. The molecule has 1 N–H and O–H groups in total. The zero-order chi connectivity index (χ0) is 16.1. The van der Waals surface area contributed by atoms with Crippen LogP contribution in [0.15, 0.2) is 29.3 Å². The van der Waals surface area contributed by atoms with E-state index in [9.17, 15) is 9.18 Å². The van der Waals surface area contributed by atoms with Crippen LogP contribution < -0.4 is 5.32 Å². The Morgan fingerprint density at radius 3 is 2.91 bits per heavy atom. The molecule has 0 radical (unpaired) electrons. The first kappa shape index (κ1) is 16.3. The fourth-order valence-electron chi connectivity index (χ4n) is 2.76. The highest BCUT2D eigenvalue weighted by Crippen LogP contribution is 2.24. The summed E-state index contributed by atoms with van der Waals surface area (Å²) in [5.74, 6) is 0.339. The van der Waals surface area contributed by atoms with Gasteiger partial charge in [-0.1, -0.05) is 19.1 Å². The van der Waals surface area contributed by atoms with Crippen molar-refractivity contribution in [2.45, 2.75) is 13.5 Å². The van der Waals surface area contributed by atoms with E-state index >= 15 is 0 Å². The number of carbonyl (C=O) groups excluding carboxylic acids is 1. The number of aliphatic imine (C=N–C) groups is 1. The number of hydrogen-bond donors (Lipinski definition) is 1. The molecule has 1 fully saturated rings. The van der Waals surface area contributed by atoms with E-state index in [1.807, 2.05) is 17.9 Å². The fourth-order valence-corrected chi connectivity index (χ4v) is 2.76. The number of methoxy groups -OCH3 is 1. The predicted octanol–water partition coefficient (Wildman–Crippen LogP) is 1.64. The molecule has 0 spiro atoms. The van der Waals surface area contributed by atoms with Crippen molar-refractivity contribution in [3.63, 3.8) is 0 Å². The van der Waals surface area contributed by atoms with Gasteiger partial charge in [-0.05, 0) is 23.6 Å². The van der Waals surface area contributed by atoms with Crippen LogP contribution >= 0.6 is 0 Å². The van der Waals surface area contributed by atoms with Gasteiger partial charge in [0.05, 0.1) is 13.0 Å². The van der Waals surface area contributed by atoms with Crippen LogP contribution in [0.4, 0.5) is 4.39 Å². The van der Waals surface area contributed by atoms with Gasteiger partial charge >= 0.3 is 5.97 Å². The van der Waals surface area contributed by atoms with Gasteiger partial charge in [-0.25, -0.2) is 4.39 Å². The maximum Gasteiger partial charge on any atom is 0.310 e. The van der Waals surface area contributed by atoms with Gasteiger partial charge in [-0.15, -0.1) is 0 Å². The van der Waals surface area contributed by atoms with E-state index in [2.05, 4.69) is 10.3 Å². The summed E-state index contributed by atoms with van der Waals surface area (Å²) in [6, 6.07) is 6.44. The standard InChI is InChI=1S/C16H22FN3O2/c1-11-9-20(10-14(11)15(21)22-3)16(18-2)19-8-12-5-4-6-13(17)7-12/h4-7,11,14H,8-10H2,1-3H3,(H,18,19).